The van der Waals surface area contributed by atoms with Crippen LogP contribution in [-0.2, 0) is 16.0 Å². The molecule has 0 unspecified atom stereocenters. The van der Waals surface area contributed by atoms with Crippen molar-refractivity contribution in [2.24, 2.45) is 0 Å². The van der Waals surface area contributed by atoms with E-state index < -0.39 is 6.04 Å². The maximum Gasteiger partial charge on any atom is 0.247 e. The fourth-order valence-corrected chi connectivity index (χ4v) is 4.47. The molecule has 29 heavy (non-hydrogen) atoms. The van der Waals surface area contributed by atoms with Crippen LogP contribution in [0, 0.1) is 5.82 Å². The van der Waals surface area contributed by atoms with Gasteiger partial charge in [0.05, 0.1) is 6.42 Å². The molecule has 154 valence electrons. The van der Waals surface area contributed by atoms with E-state index in [1.807, 2.05) is 16.8 Å². The molecule has 0 aliphatic heterocycles. The van der Waals surface area contributed by atoms with Gasteiger partial charge in [-0.25, -0.2) is 4.39 Å². The number of nitrogens with zero attached hydrogens (tertiary/aromatic N) is 1. The lowest BCUT2D eigenvalue weighted by Crippen LogP contribution is -2.47. The van der Waals surface area contributed by atoms with Gasteiger partial charge in [-0.15, -0.1) is 6.58 Å². The zero-order valence-corrected chi connectivity index (χ0v) is 17.3. The zero-order valence-electron chi connectivity index (χ0n) is 16.5. The van der Waals surface area contributed by atoms with Crippen LogP contribution < -0.4 is 5.32 Å². The maximum absolute atomic E-state index is 13.5. The number of thiophene rings is 1. The molecular formula is C23H27FN2O2S. The van der Waals surface area contributed by atoms with E-state index in [1.165, 1.54) is 34.8 Å². The molecule has 1 heterocycles. The van der Waals surface area contributed by atoms with E-state index in [4.69, 9.17) is 0 Å². The number of hydrogen-bond donors (Lipinski definition) is 1. The van der Waals surface area contributed by atoms with Crippen LogP contribution in [0.3, 0.4) is 0 Å². The fraction of sp³-hybridized carbons (Fsp3) is 0.391. The highest BCUT2D eigenvalue weighted by Crippen LogP contribution is 2.25. The van der Waals surface area contributed by atoms with E-state index in [2.05, 4.69) is 11.9 Å². The molecule has 2 amide bonds. The van der Waals surface area contributed by atoms with Crippen LogP contribution in [0.15, 0.2) is 53.7 Å². The highest BCUT2D eigenvalue weighted by molar-refractivity contribution is 7.08. The number of amides is 2. The van der Waals surface area contributed by atoms with E-state index in [-0.39, 0.29) is 36.6 Å². The van der Waals surface area contributed by atoms with Crippen LogP contribution in [0.5, 0.6) is 0 Å². The maximum atomic E-state index is 13.5. The van der Waals surface area contributed by atoms with Gasteiger partial charge in [0.25, 0.3) is 0 Å². The van der Waals surface area contributed by atoms with Gasteiger partial charge in [-0.2, -0.15) is 11.3 Å². The van der Waals surface area contributed by atoms with Gasteiger partial charge >= 0.3 is 0 Å². The average molecular weight is 415 g/mol. The van der Waals surface area contributed by atoms with Crippen LogP contribution >= 0.6 is 11.3 Å². The van der Waals surface area contributed by atoms with Gasteiger partial charge in [-0.1, -0.05) is 37.5 Å². The van der Waals surface area contributed by atoms with Gasteiger partial charge in [0.2, 0.25) is 11.8 Å². The van der Waals surface area contributed by atoms with Crippen molar-refractivity contribution >= 4 is 23.2 Å². The van der Waals surface area contributed by atoms with Gasteiger partial charge in [0.1, 0.15) is 11.9 Å². The summed E-state index contributed by atoms with van der Waals surface area (Å²) in [4.78, 5) is 27.9. The van der Waals surface area contributed by atoms with E-state index in [1.54, 1.807) is 18.2 Å². The number of benzene rings is 1. The lowest BCUT2D eigenvalue weighted by atomic mass is 9.94. The molecule has 0 spiro atoms. The van der Waals surface area contributed by atoms with Crippen molar-refractivity contribution in [1.29, 1.82) is 0 Å². The molecular weight excluding hydrogens is 387 g/mol. The second-order valence-corrected chi connectivity index (χ2v) is 8.22. The summed E-state index contributed by atoms with van der Waals surface area (Å²) in [7, 11) is 0. The van der Waals surface area contributed by atoms with Gasteiger partial charge in [-0.05, 0) is 52.9 Å². The van der Waals surface area contributed by atoms with Crippen molar-refractivity contribution in [2.45, 2.75) is 50.6 Å². The summed E-state index contributed by atoms with van der Waals surface area (Å²) in [5.74, 6) is -0.750. The Morgan fingerprint density at radius 1 is 1.21 bits per heavy atom. The van der Waals surface area contributed by atoms with Crippen molar-refractivity contribution in [2.75, 3.05) is 6.54 Å². The third-order valence-electron chi connectivity index (χ3n) is 5.28. The van der Waals surface area contributed by atoms with Gasteiger partial charge in [0.15, 0.2) is 0 Å². The lowest BCUT2D eigenvalue weighted by molar-refractivity contribution is -0.140. The molecule has 1 aliphatic carbocycles. The van der Waals surface area contributed by atoms with E-state index in [0.717, 1.165) is 31.2 Å². The quantitative estimate of drug-likeness (QED) is 0.640. The van der Waals surface area contributed by atoms with E-state index >= 15 is 0 Å². The average Bonchev–Trinajstić information content (AvgIpc) is 3.22. The third-order valence-corrected chi connectivity index (χ3v) is 6.01. The Bertz CT molecular complexity index is 814. The number of carbonyl (C=O) groups is 2. The van der Waals surface area contributed by atoms with Crippen LogP contribution in [0.1, 0.15) is 49.3 Å². The smallest absolute Gasteiger partial charge is 0.247 e. The van der Waals surface area contributed by atoms with Crippen LogP contribution in [0.25, 0.3) is 0 Å². The summed E-state index contributed by atoms with van der Waals surface area (Å²) in [6.07, 6.45) is 7.12. The Kier molecular flexibility index (Phi) is 7.58. The Balaban J connectivity index is 1.87. The molecule has 1 fully saturated rings. The second-order valence-electron chi connectivity index (χ2n) is 7.44. The first-order chi connectivity index (χ1) is 14.1. The molecule has 6 heteroatoms. The SMILES string of the molecule is C=CCN(C(=O)Cc1ccsc1)[C@@H](C(=O)NC1CCCCC1)c1ccc(F)cc1. The minimum absolute atomic E-state index is 0.122. The molecule has 1 saturated carbocycles. The summed E-state index contributed by atoms with van der Waals surface area (Å²) < 4.78 is 13.5. The van der Waals surface area contributed by atoms with Crippen molar-refractivity contribution in [3.8, 4) is 0 Å². The van der Waals surface area contributed by atoms with Crippen LogP contribution in [0.2, 0.25) is 0 Å². The molecule has 1 aliphatic rings. The molecule has 3 rings (SSSR count). The van der Waals surface area contributed by atoms with Crippen molar-refractivity contribution in [1.82, 2.24) is 10.2 Å². The summed E-state index contributed by atoms with van der Waals surface area (Å²) in [5, 5.41) is 6.98. The molecule has 1 N–H and O–H groups in total. The number of hydrogen-bond acceptors (Lipinski definition) is 3. The molecule has 4 nitrogen and oxygen atoms in total. The predicted molar refractivity (Wildman–Crippen MR) is 114 cm³/mol. The fourth-order valence-electron chi connectivity index (χ4n) is 3.80. The number of nitrogens with one attached hydrogen (secondary N) is 1. The molecule has 0 saturated heterocycles. The second kappa shape index (κ2) is 10.3. The van der Waals surface area contributed by atoms with Gasteiger partial charge in [-0.3, -0.25) is 9.59 Å². The van der Waals surface area contributed by atoms with Gasteiger partial charge < -0.3 is 10.2 Å². The van der Waals surface area contributed by atoms with Gasteiger partial charge in [0, 0.05) is 12.6 Å². The Labute approximate surface area is 175 Å². The Hall–Kier alpha value is -2.47. The molecule has 1 aromatic heterocycles. The topological polar surface area (TPSA) is 49.4 Å². The number of rotatable bonds is 8. The minimum atomic E-state index is -0.818. The first kappa shape index (κ1) is 21.2. The molecule has 1 aromatic carbocycles. The summed E-state index contributed by atoms with van der Waals surface area (Å²) in [6.45, 7) is 4.00. The summed E-state index contributed by atoms with van der Waals surface area (Å²) in [6, 6.07) is 7.02. The van der Waals surface area contributed by atoms with Crippen LogP contribution in [-0.4, -0.2) is 29.3 Å². The van der Waals surface area contributed by atoms with E-state index in [0.29, 0.717) is 5.56 Å². The van der Waals surface area contributed by atoms with E-state index in [9.17, 15) is 14.0 Å². The van der Waals surface area contributed by atoms with Crippen molar-refractivity contribution < 1.29 is 14.0 Å². The largest absolute Gasteiger partial charge is 0.351 e. The first-order valence-electron chi connectivity index (χ1n) is 10.1. The molecule has 0 radical (unpaired) electrons. The molecule has 1 atom stereocenters. The Morgan fingerprint density at radius 2 is 1.93 bits per heavy atom. The highest BCUT2D eigenvalue weighted by atomic mass is 32.1. The minimum Gasteiger partial charge on any atom is -0.351 e. The monoisotopic (exact) mass is 414 g/mol. The predicted octanol–water partition coefficient (Wildman–Crippen LogP) is 4.63. The highest BCUT2D eigenvalue weighted by Gasteiger charge is 2.32. The molecule has 2 aromatic rings. The van der Waals surface area contributed by atoms with Crippen LogP contribution in [0.4, 0.5) is 4.39 Å². The summed E-state index contributed by atoms with van der Waals surface area (Å²) in [5.41, 5.74) is 1.51. The number of carbonyl (C=O) groups excluding carboxylic acids is 2. The van der Waals surface area contributed by atoms with Crippen molar-refractivity contribution in [3.05, 3.63) is 70.7 Å². The number of halogens is 1. The normalized spacial score (nSPS) is 15.5. The van der Waals surface area contributed by atoms with Crippen molar-refractivity contribution in [3.63, 3.8) is 0 Å². The first-order valence-corrected chi connectivity index (χ1v) is 11.0. The third kappa shape index (κ3) is 5.76. The Morgan fingerprint density at radius 3 is 2.55 bits per heavy atom. The standard InChI is InChI=1S/C23H27FN2O2S/c1-2-13-26(21(27)15-17-12-14-29-16-17)22(18-8-10-19(24)11-9-18)23(28)25-20-6-4-3-5-7-20/h2,8-12,14,16,20,22H,1,3-7,13,15H2,(H,25,28)/t22-/m1/s1. The zero-order chi connectivity index (χ0) is 20.6. The molecule has 0 bridgehead atoms. The summed E-state index contributed by atoms with van der Waals surface area (Å²) >= 11 is 1.53. The lowest BCUT2D eigenvalue weighted by Gasteiger charge is -2.33.